The molecule has 2 atom stereocenters. The Balaban J connectivity index is 1.81. The molecule has 4 heterocycles. The Hall–Kier alpha value is -3.00. The van der Waals surface area contributed by atoms with Crippen molar-refractivity contribution in [3.63, 3.8) is 0 Å². The van der Waals surface area contributed by atoms with Gasteiger partial charge in [0.1, 0.15) is 29.7 Å². The molecule has 0 bridgehead atoms. The number of aromatic nitrogens is 3. The second-order valence-corrected chi connectivity index (χ2v) is 17.9. The van der Waals surface area contributed by atoms with Crippen LogP contribution in [-0.2, 0) is 16.2 Å². The molecule has 0 aromatic carbocycles. The summed E-state index contributed by atoms with van der Waals surface area (Å²) < 4.78 is 14.0. The summed E-state index contributed by atoms with van der Waals surface area (Å²) in [6.45, 7) is 17.3. The third kappa shape index (κ3) is 6.17. The van der Waals surface area contributed by atoms with Crippen LogP contribution < -0.4 is 5.32 Å². The van der Waals surface area contributed by atoms with Crippen LogP contribution in [0.15, 0.2) is 24.5 Å². The Labute approximate surface area is 226 Å². The molecule has 1 fully saturated rings. The Morgan fingerprint density at radius 2 is 2.11 bits per heavy atom. The molecule has 1 aliphatic rings. The maximum absolute atomic E-state index is 13.5. The van der Waals surface area contributed by atoms with Gasteiger partial charge in [0.2, 0.25) is 0 Å². The molecule has 3 aromatic heterocycles. The van der Waals surface area contributed by atoms with E-state index >= 15 is 0 Å². The fraction of sp³-hybridized carbons (Fsp3) is 0.571. The molecule has 9 nitrogen and oxygen atoms in total. The summed E-state index contributed by atoms with van der Waals surface area (Å²) >= 11 is 0. The topological polar surface area (TPSA) is 105 Å². The van der Waals surface area contributed by atoms with Crippen LogP contribution in [0.2, 0.25) is 25.7 Å². The number of hydrogen-bond acceptors (Lipinski definition) is 7. The predicted molar refractivity (Wildman–Crippen MR) is 152 cm³/mol. The lowest BCUT2D eigenvalue weighted by Gasteiger charge is -2.36. The van der Waals surface area contributed by atoms with E-state index in [9.17, 15) is 10.1 Å². The van der Waals surface area contributed by atoms with Crippen LogP contribution in [0.25, 0.3) is 21.9 Å². The van der Waals surface area contributed by atoms with Crippen LogP contribution in [0, 0.1) is 11.3 Å². The lowest BCUT2D eigenvalue weighted by molar-refractivity contribution is 0.00845. The smallest absolute Gasteiger partial charge is 0.411 e. The minimum absolute atomic E-state index is 0.0117. The van der Waals surface area contributed by atoms with Gasteiger partial charge in [-0.1, -0.05) is 19.6 Å². The van der Waals surface area contributed by atoms with E-state index < -0.39 is 13.7 Å². The highest BCUT2D eigenvalue weighted by atomic mass is 28.3. The summed E-state index contributed by atoms with van der Waals surface area (Å²) in [6, 6.07) is 6.73. The largest absolute Gasteiger partial charge is 0.444 e. The fourth-order valence-electron chi connectivity index (χ4n) is 4.96. The van der Waals surface area contributed by atoms with Crippen molar-refractivity contribution in [2.45, 2.75) is 84.2 Å². The highest BCUT2D eigenvalue weighted by Gasteiger charge is 2.35. The highest BCUT2D eigenvalue weighted by molar-refractivity contribution is 6.76. The number of hydrogen-bond donors (Lipinski definition) is 1. The van der Waals surface area contributed by atoms with Crippen molar-refractivity contribution >= 4 is 36.1 Å². The number of ether oxygens (including phenoxy) is 2. The number of nitrogens with zero attached hydrogens (tertiary/aromatic N) is 5. The molecule has 1 amide bonds. The average Bonchev–Trinajstić information content (AvgIpc) is 3.46. The number of amides is 1. The van der Waals surface area contributed by atoms with Crippen molar-refractivity contribution in [1.29, 1.82) is 5.26 Å². The van der Waals surface area contributed by atoms with Crippen molar-refractivity contribution in [1.82, 2.24) is 24.8 Å². The molecule has 1 N–H and O–H groups in total. The standard InChI is InChI=1S/C28H40N6O3Si/c1-19(34(21-8-10-30-16-21)27(35)37-28(2,3)4)22-9-11-31-26-25(22)23-14-20(15-29)32-17-24(23)33(26)18-36-12-13-38(5,6)7/h9,11,14,17,19,21,30H,8,10,12-13,16,18H2,1-7H3/t19?,21-/m0/s1. The van der Waals surface area contributed by atoms with Gasteiger partial charge in [-0.2, -0.15) is 5.26 Å². The zero-order valence-electron chi connectivity index (χ0n) is 23.7. The lowest BCUT2D eigenvalue weighted by Crippen LogP contribution is -2.45. The van der Waals surface area contributed by atoms with Gasteiger partial charge in [0, 0.05) is 44.2 Å². The molecule has 0 spiro atoms. The van der Waals surface area contributed by atoms with E-state index in [0.717, 1.165) is 46.5 Å². The molecule has 38 heavy (non-hydrogen) atoms. The van der Waals surface area contributed by atoms with E-state index in [0.29, 0.717) is 25.6 Å². The van der Waals surface area contributed by atoms with Gasteiger partial charge in [-0.15, -0.1) is 0 Å². The van der Waals surface area contributed by atoms with Crippen molar-refractivity contribution in [3.8, 4) is 6.07 Å². The number of nitrogens with one attached hydrogen (secondary N) is 1. The summed E-state index contributed by atoms with van der Waals surface area (Å²) in [5, 5.41) is 14.7. The van der Waals surface area contributed by atoms with Gasteiger partial charge in [-0.3, -0.25) is 9.47 Å². The summed E-state index contributed by atoms with van der Waals surface area (Å²) in [7, 11) is -1.23. The second-order valence-electron chi connectivity index (χ2n) is 12.3. The molecule has 1 saturated heterocycles. The Bertz CT molecular complexity index is 1350. The van der Waals surface area contributed by atoms with Crippen LogP contribution in [0.5, 0.6) is 0 Å². The monoisotopic (exact) mass is 536 g/mol. The van der Waals surface area contributed by atoms with Gasteiger partial charge >= 0.3 is 6.09 Å². The van der Waals surface area contributed by atoms with Gasteiger partial charge < -0.3 is 14.8 Å². The SMILES string of the molecule is CC(c1ccnc2c1c1cc(C#N)ncc1n2COCC[Si](C)(C)C)N(C(=O)OC(C)(C)C)[C@H]1CCNC1. The van der Waals surface area contributed by atoms with Crippen LogP contribution >= 0.6 is 0 Å². The maximum atomic E-state index is 13.5. The molecular weight excluding hydrogens is 496 g/mol. The van der Waals surface area contributed by atoms with E-state index in [1.165, 1.54) is 0 Å². The first-order valence-corrected chi connectivity index (χ1v) is 17.1. The van der Waals surface area contributed by atoms with Crippen LogP contribution in [0.3, 0.4) is 0 Å². The maximum Gasteiger partial charge on any atom is 0.411 e. The van der Waals surface area contributed by atoms with E-state index in [4.69, 9.17) is 14.5 Å². The first-order valence-electron chi connectivity index (χ1n) is 13.4. The predicted octanol–water partition coefficient (Wildman–Crippen LogP) is 5.43. The molecule has 204 valence electrons. The van der Waals surface area contributed by atoms with Gasteiger partial charge in [0.15, 0.2) is 0 Å². The Morgan fingerprint density at radius 3 is 2.74 bits per heavy atom. The minimum atomic E-state index is -1.23. The quantitative estimate of drug-likeness (QED) is 0.302. The number of fused-ring (bicyclic) bond motifs is 3. The van der Waals surface area contributed by atoms with Gasteiger partial charge in [-0.25, -0.2) is 14.8 Å². The normalized spacial score (nSPS) is 17.1. The van der Waals surface area contributed by atoms with Crippen LogP contribution in [0.4, 0.5) is 4.79 Å². The highest BCUT2D eigenvalue weighted by Crippen LogP contribution is 2.37. The number of carbonyl (C=O) groups excluding carboxylic acids is 1. The van der Waals surface area contributed by atoms with Gasteiger partial charge in [0.05, 0.1) is 17.8 Å². The van der Waals surface area contributed by atoms with E-state index in [1.54, 1.807) is 12.4 Å². The van der Waals surface area contributed by atoms with Crippen molar-refractivity contribution in [3.05, 3.63) is 35.8 Å². The molecule has 4 rings (SSSR count). The first-order chi connectivity index (χ1) is 17.9. The molecule has 1 unspecified atom stereocenters. The number of rotatable bonds is 8. The van der Waals surface area contributed by atoms with Crippen LogP contribution in [0.1, 0.15) is 51.4 Å². The first kappa shape index (κ1) is 28.0. The molecule has 10 heteroatoms. The van der Waals surface area contributed by atoms with Gasteiger partial charge in [-0.05, 0) is 64.4 Å². The van der Waals surface area contributed by atoms with Crippen LogP contribution in [-0.4, -0.2) is 64.9 Å². The Morgan fingerprint density at radius 1 is 1.34 bits per heavy atom. The van der Waals surface area contributed by atoms with Crippen molar-refractivity contribution in [2.24, 2.45) is 0 Å². The number of pyridine rings is 2. The molecule has 1 aliphatic heterocycles. The summed E-state index contributed by atoms with van der Waals surface area (Å²) in [5.41, 5.74) is 2.29. The average molecular weight is 537 g/mol. The summed E-state index contributed by atoms with van der Waals surface area (Å²) in [4.78, 5) is 24.4. The molecule has 0 aliphatic carbocycles. The van der Waals surface area contributed by atoms with E-state index in [-0.39, 0.29) is 18.2 Å². The summed E-state index contributed by atoms with van der Waals surface area (Å²) in [6.07, 6.45) is 4.02. The molecular formula is C28H40N6O3Si. The fourth-order valence-corrected chi connectivity index (χ4v) is 5.72. The third-order valence-corrected chi connectivity index (χ3v) is 8.60. The zero-order valence-corrected chi connectivity index (χ0v) is 24.7. The number of carbonyl (C=O) groups is 1. The second kappa shape index (κ2) is 11.0. The number of nitriles is 1. The summed E-state index contributed by atoms with van der Waals surface area (Å²) in [5.74, 6) is 0. The lowest BCUT2D eigenvalue weighted by atomic mass is 10.0. The van der Waals surface area contributed by atoms with Gasteiger partial charge in [0.25, 0.3) is 0 Å². The third-order valence-electron chi connectivity index (χ3n) is 6.89. The molecule has 0 radical (unpaired) electrons. The minimum Gasteiger partial charge on any atom is -0.444 e. The Kier molecular flexibility index (Phi) is 8.11. The van der Waals surface area contributed by atoms with E-state index in [1.807, 2.05) is 49.3 Å². The molecule has 0 saturated carbocycles. The molecule has 3 aromatic rings. The van der Waals surface area contributed by atoms with Crippen molar-refractivity contribution in [2.75, 3.05) is 19.7 Å². The van der Waals surface area contributed by atoms with Crippen molar-refractivity contribution < 1.29 is 14.3 Å². The van der Waals surface area contributed by atoms with E-state index in [2.05, 4.69) is 36.0 Å². The zero-order chi connectivity index (χ0) is 27.7.